The van der Waals surface area contributed by atoms with Gasteiger partial charge >= 0.3 is 0 Å². The highest BCUT2D eigenvalue weighted by molar-refractivity contribution is 7.97. The van der Waals surface area contributed by atoms with E-state index < -0.39 is 0 Å². The maximum Gasteiger partial charge on any atom is 0.137 e. The van der Waals surface area contributed by atoms with Crippen LogP contribution in [0.25, 0.3) is 0 Å². The summed E-state index contributed by atoms with van der Waals surface area (Å²) in [5, 5.41) is 9.23. The number of aromatic nitrogens is 1. The predicted octanol–water partition coefficient (Wildman–Crippen LogP) is 1.59. The van der Waals surface area contributed by atoms with Crippen LogP contribution in [0.15, 0.2) is 12.4 Å². The Morgan fingerprint density at radius 1 is 1.60 bits per heavy atom. The molecule has 1 aromatic heterocycles. The van der Waals surface area contributed by atoms with Crippen molar-refractivity contribution in [3.05, 3.63) is 18.0 Å². The number of thioether (sulfide) groups is 1. The van der Waals surface area contributed by atoms with Gasteiger partial charge in [0, 0.05) is 30.8 Å². The van der Waals surface area contributed by atoms with E-state index in [-0.39, 0.29) is 0 Å². The molecule has 0 radical (unpaired) electrons. The fraction of sp³-hybridized carbons (Fsp3) is 0.429. The summed E-state index contributed by atoms with van der Waals surface area (Å²) >= 11 is 1.71. The van der Waals surface area contributed by atoms with Crippen molar-refractivity contribution in [3.63, 3.8) is 0 Å². The molecule has 0 aromatic carbocycles. The lowest BCUT2D eigenvalue weighted by atomic mass is 10.4. The van der Waals surface area contributed by atoms with E-state index in [1.165, 1.54) is 0 Å². The van der Waals surface area contributed by atoms with Crippen LogP contribution in [0.4, 0.5) is 0 Å². The molecular formula is C7H11NOS. The summed E-state index contributed by atoms with van der Waals surface area (Å²) in [6.07, 6.45) is 5.67. The Labute approximate surface area is 64.9 Å². The first-order chi connectivity index (χ1) is 4.74. The number of rotatable bonds is 2. The first-order valence-electron chi connectivity index (χ1n) is 3.07. The van der Waals surface area contributed by atoms with Gasteiger partial charge in [0.2, 0.25) is 0 Å². The molecule has 0 amide bonds. The molecule has 1 heterocycles. The SMILES string of the molecule is CSCc1cn(C)cc1O. The van der Waals surface area contributed by atoms with Gasteiger partial charge in [-0.1, -0.05) is 0 Å². The molecule has 2 nitrogen and oxygen atoms in total. The number of hydrogen-bond donors (Lipinski definition) is 1. The van der Waals surface area contributed by atoms with E-state index in [1.54, 1.807) is 18.0 Å². The van der Waals surface area contributed by atoms with Crippen LogP contribution in [0, 0.1) is 0 Å². The molecule has 3 heteroatoms. The number of nitrogens with zero attached hydrogens (tertiary/aromatic N) is 1. The van der Waals surface area contributed by atoms with Crippen LogP contribution in [0.2, 0.25) is 0 Å². The van der Waals surface area contributed by atoms with Gasteiger partial charge in [-0.2, -0.15) is 11.8 Å². The van der Waals surface area contributed by atoms with Crippen molar-refractivity contribution in [2.24, 2.45) is 7.05 Å². The van der Waals surface area contributed by atoms with Gasteiger partial charge in [0.25, 0.3) is 0 Å². The van der Waals surface area contributed by atoms with E-state index in [9.17, 15) is 5.11 Å². The standard InChI is InChI=1S/C7H11NOS/c1-8-3-6(5-10-2)7(9)4-8/h3-4,9H,5H2,1-2H3. The first-order valence-corrected chi connectivity index (χ1v) is 4.46. The molecule has 0 saturated heterocycles. The van der Waals surface area contributed by atoms with Crippen LogP contribution < -0.4 is 0 Å². The second-order valence-electron chi connectivity index (χ2n) is 2.27. The Morgan fingerprint density at radius 3 is 2.70 bits per heavy atom. The van der Waals surface area contributed by atoms with Crippen molar-refractivity contribution in [2.75, 3.05) is 6.26 Å². The zero-order valence-electron chi connectivity index (χ0n) is 6.16. The van der Waals surface area contributed by atoms with Gasteiger partial charge in [0.15, 0.2) is 0 Å². The number of aryl methyl sites for hydroxylation is 1. The van der Waals surface area contributed by atoms with Crippen molar-refractivity contribution < 1.29 is 5.11 Å². The van der Waals surface area contributed by atoms with Crippen LogP contribution in [0.3, 0.4) is 0 Å². The third-order valence-corrected chi connectivity index (χ3v) is 1.91. The van der Waals surface area contributed by atoms with Crippen molar-refractivity contribution in [1.82, 2.24) is 4.57 Å². The van der Waals surface area contributed by atoms with Crippen LogP contribution >= 0.6 is 11.8 Å². The highest BCUT2D eigenvalue weighted by Gasteiger charge is 2.00. The molecule has 1 N–H and O–H groups in total. The summed E-state index contributed by atoms with van der Waals surface area (Å²) in [5.41, 5.74) is 1.01. The van der Waals surface area contributed by atoms with Crippen LogP contribution in [-0.2, 0) is 12.8 Å². The first kappa shape index (κ1) is 7.54. The number of hydrogen-bond acceptors (Lipinski definition) is 2. The minimum atomic E-state index is 0.400. The Kier molecular flexibility index (Phi) is 2.27. The molecular weight excluding hydrogens is 146 g/mol. The summed E-state index contributed by atoms with van der Waals surface area (Å²) in [7, 11) is 1.91. The molecule has 1 aromatic rings. The monoisotopic (exact) mass is 157 g/mol. The van der Waals surface area contributed by atoms with Gasteiger partial charge in [-0.15, -0.1) is 0 Å². The van der Waals surface area contributed by atoms with Crippen LogP contribution in [0.1, 0.15) is 5.56 Å². The van der Waals surface area contributed by atoms with Crippen molar-refractivity contribution in [3.8, 4) is 5.75 Å². The summed E-state index contributed by atoms with van der Waals surface area (Å²) in [5.74, 6) is 1.28. The lowest BCUT2D eigenvalue weighted by Gasteiger charge is -1.91. The Hall–Kier alpha value is -0.570. The van der Waals surface area contributed by atoms with Gasteiger partial charge in [-0.25, -0.2) is 0 Å². The molecule has 0 spiro atoms. The van der Waals surface area contributed by atoms with E-state index in [1.807, 2.05) is 24.1 Å². The molecule has 0 saturated carbocycles. The Morgan fingerprint density at radius 2 is 2.30 bits per heavy atom. The van der Waals surface area contributed by atoms with Crippen molar-refractivity contribution in [1.29, 1.82) is 0 Å². The molecule has 0 aliphatic rings. The maximum atomic E-state index is 9.23. The van der Waals surface area contributed by atoms with E-state index in [0.717, 1.165) is 11.3 Å². The van der Waals surface area contributed by atoms with E-state index in [2.05, 4.69) is 0 Å². The summed E-state index contributed by atoms with van der Waals surface area (Å²) in [4.78, 5) is 0. The predicted molar refractivity (Wildman–Crippen MR) is 44.3 cm³/mol. The highest BCUT2D eigenvalue weighted by Crippen LogP contribution is 2.20. The smallest absolute Gasteiger partial charge is 0.137 e. The van der Waals surface area contributed by atoms with Crippen LogP contribution in [-0.4, -0.2) is 15.9 Å². The third-order valence-electron chi connectivity index (χ3n) is 1.31. The molecule has 0 fully saturated rings. The second kappa shape index (κ2) is 3.01. The molecule has 0 unspecified atom stereocenters. The van der Waals surface area contributed by atoms with Gasteiger partial charge in [0.05, 0.1) is 0 Å². The van der Waals surface area contributed by atoms with Gasteiger partial charge in [-0.3, -0.25) is 0 Å². The van der Waals surface area contributed by atoms with Crippen molar-refractivity contribution >= 4 is 11.8 Å². The maximum absolute atomic E-state index is 9.23. The molecule has 0 atom stereocenters. The number of aromatic hydroxyl groups is 1. The van der Waals surface area contributed by atoms with E-state index in [0.29, 0.717) is 5.75 Å². The average molecular weight is 157 g/mol. The summed E-state index contributed by atoms with van der Waals surface area (Å²) in [6.45, 7) is 0. The Balaban J connectivity index is 2.81. The average Bonchev–Trinajstić information content (AvgIpc) is 2.13. The summed E-state index contributed by atoms with van der Waals surface area (Å²) < 4.78 is 1.86. The molecule has 10 heavy (non-hydrogen) atoms. The van der Waals surface area contributed by atoms with Gasteiger partial charge in [-0.05, 0) is 6.26 Å². The van der Waals surface area contributed by atoms with E-state index in [4.69, 9.17) is 0 Å². The minimum absolute atomic E-state index is 0.400. The third kappa shape index (κ3) is 1.48. The molecule has 1 rings (SSSR count). The molecule has 0 aliphatic carbocycles. The molecule has 56 valence electrons. The lowest BCUT2D eigenvalue weighted by molar-refractivity contribution is 0.470. The van der Waals surface area contributed by atoms with Gasteiger partial charge < -0.3 is 9.67 Å². The minimum Gasteiger partial charge on any atom is -0.506 e. The van der Waals surface area contributed by atoms with Crippen LogP contribution in [0.5, 0.6) is 5.75 Å². The van der Waals surface area contributed by atoms with E-state index >= 15 is 0 Å². The summed E-state index contributed by atoms with van der Waals surface area (Å²) in [6, 6.07) is 0. The normalized spacial score (nSPS) is 10.2. The Bertz CT molecular complexity index is 219. The quantitative estimate of drug-likeness (QED) is 0.705. The highest BCUT2D eigenvalue weighted by atomic mass is 32.2. The molecule has 0 aliphatic heterocycles. The second-order valence-corrected chi connectivity index (χ2v) is 3.13. The topological polar surface area (TPSA) is 25.2 Å². The largest absolute Gasteiger partial charge is 0.506 e. The fourth-order valence-electron chi connectivity index (χ4n) is 0.892. The molecule has 0 bridgehead atoms. The zero-order chi connectivity index (χ0) is 7.56. The van der Waals surface area contributed by atoms with Gasteiger partial charge in [0.1, 0.15) is 5.75 Å². The van der Waals surface area contributed by atoms with Crippen molar-refractivity contribution in [2.45, 2.75) is 5.75 Å². The lowest BCUT2D eigenvalue weighted by Crippen LogP contribution is -1.78. The zero-order valence-corrected chi connectivity index (χ0v) is 6.98. The fourth-order valence-corrected chi connectivity index (χ4v) is 1.43.